The average molecular weight is 519 g/mol. The zero-order valence-corrected chi connectivity index (χ0v) is 21.6. The van der Waals surface area contributed by atoms with Gasteiger partial charge in [-0.2, -0.15) is 0 Å². The number of nitrogens with zero attached hydrogens (tertiary/aromatic N) is 2. The second-order valence-corrected chi connectivity index (χ2v) is 9.36. The number of hydrogen-bond donors (Lipinski definition) is 0. The second-order valence-electron chi connectivity index (χ2n) is 8.95. The molecule has 0 aliphatic carbocycles. The van der Waals surface area contributed by atoms with Crippen LogP contribution in [0.1, 0.15) is 5.56 Å². The van der Waals surface area contributed by atoms with Gasteiger partial charge in [-0.15, -0.1) is 0 Å². The molecule has 0 spiro atoms. The monoisotopic (exact) mass is 518 g/mol. The van der Waals surface area contributed by atoms with Crippen molar-refractivity contribution >= 4 is 22.6 Å². The first-order valence-corrected chi connectivity index (χ1v) is 12.5. The molecule has 6 aromatic rings. The van der Waals surface area contributed by atoms with E-state index in [1.54, 1.807) is 19.2 Å². The SMILES string of the molecule is COc1ccccc1-n1c(-c2coc3cc(C)c(Cl)cc3c2=O)nc(-c2ccccc2)c1-c1ccccc1. The summed E-state index contributed by atoms with van der Waals surface area (Å²) in [5, 5.41) is 0.903. The standard InChI is InChI=1S/C32H23ClN2O3/c1-20-17-28-23(18-25(20)33)31(36)24(19-38-28)32-34-29(21-11-5-3-6-12-21)30(22-13-7-4-8-14-22)35(32)26-15-9-10-16-27(26)37-2/h3-19H,1-2H3. The summed E-state index contributed by atoms with van der Waals surface area (Å²) in [6, 6.07) is 31.1. The summed E-state index contributed by atoms with van der Waals surface area (Å²) >= 11 is 6.40. The molecule has 6 heteroatoms. The van der Waals surface area contributed by atoms with Crippen molar-refractivity contribution in [3.05, 3.63) is 124 Å². The lowest BCUT2D eigenvalue weighted by atomic mass is 10.0. The highest BCUT2D eigenvalue weighted by Gasteiger charge is 2.26. The number of methoxy groups -OCH3 is 1. The number of halogens is 1. The summed E-state index contributed by atoms with van der Waals surface area (Å²) < 4.78 is 13.7. The lowest BCUT2D eigenvalue weighted by Crippen LogP contribution is -2.10. The molecule has 186 valence electrons. The number of fused-ring (bicyclic) bond motifs is 1. The molecule has 2 heterocycles. The predicted octanol–water partition coefficient (Wildman–Crippen LogP) is 7.95. The van der Waals surface area contributed by atoms with Gasteiger partial charge in [0, 0.05) is 16.1 Å². The first-order valence-electron chi connectivity index (χ1n) is 12.2. The normalized spacial score (nSPS) is 11.1. The van der Waals surface area contributed by atoms with Gasteiger partial charge in [-0.1, -0.05) is 84.4 Å². The van der Waals surface area contributed by atoms with E-state index >= 15 is 0 Å². The van der Waals surface area contributed by atoms with Crippen molar-refractivity contribution < 1.29 is 9.15 Å². The van der Waals surface area contributed by atoms with Gasteiger partial charge >= 0.3 is 0 Å². The van der Waals surface area contributed by atoms with Crippen LogP contribution >= 0.6 is 11.6 Å². The molecule has 38 heavy (non-hydrogen) atoms. The van der Waals surface area contributed by atoms with E-state index in [2.05, 4.69) is 0 Å². The Morgan fingerprint density at radius 2 is 1.53 bits per heavy atom. The van der Waals surface area contributed by atoms with Crippen molar-refractivity contribution in [1.82, 2.24) is 9.55 Å². The molecular formula is C32H23ClN2O3. The summed E-state index contributed by atoms with van der Waals surface area (Å²) in [4.78, 5) is 19.0. The topological polar surface area (TPSA) is 57.3 Å². The molecule has 0 N–H and O–H groups in total. The van der Waals surface area contributed by atoms with Gasteiger partial charge in [-0.05, 0) is 36.8 Å². The Morgan fingerprint density at radius 1 is 0.868 bits per heavy atom. The number of rotatable bonds is 5. The van der Waals surface area contributed by atoms with Crippen molar-refractivity contribution in [2.45, 2.75) is 6.92 Å². The molecule has 0 radical (unpaired) electrons. The molecule has 0 saturated carbocycles. The number of benzene rings is 4. The third-order valence-electron chi connectivity index (χ3n) is 6.59. The fourth-order valence-corrected chi connectivity index (χ4v) is 4.88. The van der Waals surface area contributed by atoms with Gasteiger partial charge in [0.05, 0.1) is 29.6 Å². The van der Waals surface area contributed by atoms with Gasteiger partial charge in [0.25, 0.3) is 0 Å². The third kappa shape index (κ3) is 3.98. The average Bonchev–Trinajstić information content (AvgIpc) is 3.35. The maximum Gasteiger partial charge on any atom is 0.203 e. The molecule has 0 atom stereocenters. The summed E-state index contributed by atoms with van der Waals surface area (Å²) in [5.74, 6) is 1.09. The van der Waals surface area contributed by atoms with Gasteiger partial charge in [0.1, 0.15) is 23.2 Å². The zero-order chi connectivity index (χ0) is 26.2. The Balaban J connectivity index is 1.76. The van der Waals surface area contributed by atoms with E-state index in [9.17, 15) is 4.79 Å². The smallest absolute Gasteiger partial charge is 0.203 e. The van der Waals surface area contributed by atoms with E-state index in [-0.39, 0.29) is 5.43 Å². The van der Waals surface area contributed by atoms with Crippen LogP contribution in [0.3, 0.4) is 0 Å². The predicted molar refractivity (Wildman–Crippen MR) is 152 cm³/mol. The quantitative estimate of drug-likeness (QED) is 0.232. The highest BCUT2D eigenvalue weighted by atomic mass is 35.5. The minimum absolute atomic E-state index is 0.214. The molecule has 0 aliphatic heterocycles. The minimum Gasteiger partial charge on any atom is -0.495 e. The highest BCUT2D eigenvalue weighted by molar-refractivity contribution is 6.32. The number of aromatic nitrogens is 2. The summed E-state index contributed by atoms with van der Waals surface area (Å²) in [6.07, 6.45) is 1.48. The highest BCUT2D eigenvalue weighted by Crippen LogP contribution is 2.40. The third-order valence-corrected chi connectivity index (χ3v) is 7.00. The Morgan fingerprint density at radius 3 is 2.24 bits per heavy atom. The lowest BCUT2D eigenvalue weighted by molar-refractivity contribution is 0.413. The maximum atomic E-state index is 13.9. The molecule has 0 unspecified atom stereocenters. The molecule has 0 amide bonds. The van der Waals surface area contributed by atoms with E-state index in [1.807, 2.05) is 96.4 Å². The molecule has 4 aromatic carbocycles. The summed E-state index contributed by atoms with van der Waals surface area (Å²) in [7, 11) is 1.63. The molecular weight excluding hydrogens is 496 g/mol. The van der Waals surface area contributed by atoms with Crippen molar-refractivity contribution in [3.8, 4) is 45.3 Å². The van der Waals surface area contributed by atoms with Crippen LogP contribution < -0.4 is 10.2 Å². The number of hydrogen-bond acceptors (Lipinski definition) is 4. The van der Waals surface area contributed by atoms with Gasteiger partial charge < -0.3 is 9.15 Å². The van der Waals surface area contributed by atoms with E-state index in [0.717, 1.165) is 33.8 Å². The minimum atomic E-state index is -0.214. The Labute approximate surface area is 224 Å². The molecule has 0 bridgehead atoms. The van der Waals surface area contributed by atoms with Crippen LogP contribution in [0, 0.1) is 6.92 Å². The number of imidazole rings is 1. The van der Waals surface area contributed by atoms with Gasteiger partial charge in [0.2, 0.25) is 5.43 Å². The van der Waals surface area contributed by atoms with Crippen molar-refractivity contribution in [2.24, 2.45) is 0 Å². The molecule has 5 nitrogen and oxygen atoms in total. The van der Waals surface area contributed by atoms with E-state index in [0.29, 0.717) is 33.1 Å². The Kier molecular flexibility index (Phi) is 6.06. The van der Waals surface area contributed by atoms with Crippen LogP contribution in [0.5, 0.6) is 5.75 Å². The Bertz CT molecular complexity index is 1840. The summed E-state index contributed by atoms with van der Waals surface area (Å²) in [5.41, 5.74) is 5.60. The largest absolute Gasteiger partial charge is 0.495 e. The number of aryl methyl sites for hydroxylation is 1. The first kappa shape index (κ1) is 23.8. The fourth-order valence-electron chi connectivity index (χ4n) is 4.71. The molecule has 6 rings (SSSR count). The zero-order valence-electron chi connectivity index (χ0n) is 20.8. The second kappa shape index (κ2) is 9.69. The molecule has 2 aromatic heterocycles. The van der Waals surface area contributed by atoms with Gasteiger partial charge in [0.15, 0.2) is 5.82 Å². The van der Waals surface area contributed by atoms with Crippen molar-refractivity contribution in [3.63, 3.8) is 0 Å². The number of para-hydroxylation sites is 2. The summed E-state index contributed by atoms with van der Waals surface area (Å²) in [6.45, 7) is 1.88. The van der Waals surface area contributed by atoms with Crippen LogP contribution in [-0.2, 0) is 0 Å². The van der Waals surface area contributed by atoms with E-state index in [4.69, 9.17) is 25.7 Å². The van der Waals surface area contributed by atoms with E-state index in [1.165, 1.54) is 6.26 Å². The van der Waals surface area contributed by atoms with Crippen LogP contribution in [0.4, 0.5) is 0 Å². The lowest BCUT2D eigenvalue weighted by Gasteiger charge is -2.16. The van der Waals surface area contributed by atoms with Crippen molar-refractivity contribution in [2.75, 3.05) is 7.11 Å². The van der Waals surface area contributed by atoms with Gasteiger partial charge in [-0.25, -0.2) is 4.98 Å². The van der Waals surface area contributed by atoms with E-state index < -0.39 is 0 Å². The van der Waals surface area contributed by atoms with Crippen LogP contribution in [0.25, 0.3) is 50.6 Å². The molecule has 0 aliphatic rings. The van der Waals surface area contributed by atoms with Crippen LogP contribution in [0.2, 0.25) is 5.02 Å². The maximum absolute atomic E-state index is 13.9. The molecule has 0 fully saturated rings. The first-order chi connectivity index (χ1) is 18.6. The molecule has 0 saturated heterocycles. The number of ether oxygens (including phenoxy) is 1. The fraction of sp³-hybridized carbons (Fsp3) is 0.0625. The Hall–Kier alpha value is -4.61. The van der Waals surface area contributed by atoms with Gasteiger partial charge in [-0.3, -0.25) is 9.36 Å². The van der Waals surface area contributed by atoms with Crippen LogP contribution in [0.15, 0.2) is 113 Å². The van der Waals surface area contributed by atoms with Crippen molar-refractivity contribution in [1.29, 1.82) is 0 Å². The van der Waals surface area contributed by atoms with Crippen LogP contribution in [-0.4, -0.2) is 16.7 Å².